The van der Waals surface area contributed by atoms with Crippen molar-refractivity contribution in [1.82, 2.24) is 0 Å². The number of hydrogen-bond acceptors (Lipinski definition) is 2. The Hall–Kier alpha value is -1.35. The van der Waals surface area contributed by atoms with Crippen LogP contribution in [-0.4, -0.2) is 24.5 Å². The maximum atomic E-state index is 11.2. The van der Waals surface area contributed by atoms with Gasteiger partial charge < -0.3 is 10.4 Å². The number of Topliss-reactive ketones (excluding diaryl/α,β-unsaturated/α-hetero) is 1. The summed E-state index contributed by atoms with van der Waals surface area (Å²) in [5.74, 6) is 0.268. The van der Waals surface area contributed by atoms with Crippen LogP contribution in [0.25, 0.3) is 0 Å². The molecule has 1 rings (SSSR count). The molecule has 0 saturated carbocycles. The molecule has 0 aromatic heterocycles. The minimum Gasteiger partial charge on any atom is -0.508 e. The summed E-state index contributed by atoms with van der Waals surface area (Å²) in [5, 5.41) is 10.8. The number of quaternary nitrogens is 1. The van der Waals surface area contributed by atoms with Crippen LogP contribution in [0.4, 0.5) is 0 Å². The summed E-state index contributed by atoms with van der Waals surface area (Å²) in [6, 6.07) is 6.29. The zero-order chi connectivity index (χ0) is 8.97. The molecule has 0 aliphatic rings. The fraction of sp³-hybridized carbons (Fsp3) is 0.222. The summed E-state index contributed by atoms with van der Waals surface area (Å²) < 4.78 is 0. The number of aromatic hydroxyl groups is 1. The SMILES string of the molecule is C[NH2+]CC(=O)c1ccc(O)cc1. The molecule has 0 heterocycles. The van der Waals surface area contributed by atoms with Crippen molar-refractivity contribution in [2.24, 2.45) is 0 Å². The molecule has 0 saturated heterocycles. The molecule has 0 aliphatic heterocycles. The molecule has 1 aromatic carbocycles. The maximum absolute atomic E-state index is 11.2. The number of carbonyl (C=O) groups excluding carboxylic acids is 1. The van der Waals surface area contributed by atoms with Crippen molar-refractivity contribution in [3.8, 4) is 5.75 Å². The molecule has 0 radical (unpaired) electrons. The highest BCUT2D eigenvalue weighted by Crippen LogP contribution is 2.09. The molecule has 0 fully saturated rings. The van der Waals surface area contributed by atoms with Gasteiger partial charge >= 0.3 is 0 Å². The summed E-state index contributed by atoms with van der Waals surface area (Å²) in [5.41, 5.74) is 0.644. The van der Waals surface area contributed by atoms with Crippen molar-refractivity contribution in [2.75, 3.05) is 13.6 Å². The average molecular weight is 166 g/mol. The molecular weight excluding hydrogens is 154 g/mol. The van der Waals surface area contributed by atoms with E-state index in [2.05, 4.69) is 0 Å². The number of carbonyl (C=O) groups is 1. The summed E-state index contributed by atoms with van der Waals surface area (Å²) >= 11 is 0. The van der Waals surface area contributed by atoms with Crippen molar-refractivity contribution in [1.29, 1.82) is 0 Å². The largest absolute Gasteiger partial charge is 0.508 e. The minimum absolute atomic E-state index is 0.0810. The van der Waals surface area contributed by atoms with E-state index in [-0.39, 0.29) is 11.5 Å². The van der Waals surface area contributed by atoms with Crippen molar-refractivity contribution in [3.05, 3.63) is 29.8 Å². The number of ketones is 1. The lowest BCUT2D eigenvalue weighted by Gasteiger charge is -1.97. The van der Waals surface area contributed by atoms with Gasteiger partial charge in [-0.2, -0.15) is 0 Å². The van der Waals surface area contributed by atoms with E-state index in [1.54, 1.807) is 12.1 Å². The van der Waals surface area contributed by atoms with Crippen LogP contribution >= 0.6 is 0 Å². The van der Waals surface area contributed by atoms with Crippen LogP contribution in [0.15, 0.2) is 24.3 Å². The second kappa shape index (κ2) is 3.88. The highest BCUT2D eigenvalue weighted by Gasteiger charge is 2.05. The standard InChI is InChI=1S/C9H11NO2/c1-10-6-9(12)7-2-4-8(11)5-3-7/h2-5,10-11H,6H2,1H3/p+1. The zero-order valence-corrected chi connectivity index (χ0v) is 6.95. The summed E-state index contributed by atoms with van der Waals surface area (Å²) in [4.78, 5) is 11.2. The molecule has 64 valence electrons. The Bertz CT molecular complexity index is 266. The Balaban J connectivity index is 2.75. The first-order chi connectivity index (χ1) is 5.74. The van der Waals surface area contributed by atoms with Gasteiger partial charge in [0.05, 0.1) is 7.05 Å². The van der Waals surface area contributed by atoms with E-state index in [0.717, 1.165) is 0 Å². The quantitative estimate of drug-likeness (QED) is 0.609. The smallest absolute Gasteiger partial charge is 0.216 e. The fourth-order valence-electron chi connectivity index (χ4n) is 0.951. The second-order valence-electron chi connectivity index (χ2n) is 2.58. The van der Waals surface area contributed by atoms with E-state index in [0.29, 0.717) is 12.1 Å². The Morgan fingerprint density at radius 3 is 2.50 bits per heavy atom. The van der Waals surface area contributed by atoms with Crippen molar-refractivity contribution >= 4 is 5.78 Å². The molecule has 0 bridgehead atoms. The van der Waals surface area contributed by atoms with Crippen LogP contribution in [0.1, 0.15) is 10.4 Å². The molecule has 12 heavy (non-hydrogen) atoms. The lowest BCUT2D eigenvalue weighted by atomic mass is 10.1. The van der Waals surface area contributed by atoms with Gasteiger partial charge in [0.15, 0.2) is 0 Å². The van der Waals surface area contributed by atoms with Gasteiger partial charge in [0, 0.05) is 5.56 Å². The third-order valence-electron chi connectivity index (χ3n) is 1.58. The zero-order valence-electron chi connectivity index (χ0n) is 6.95. The number of phenols is 1. The molecule has 0 spiro atoms. The van der Waals surface area contributed by atoms with Crippen LogP contribution in [0.3, 0.4) is 0 Å². The van der Waals surface area contributed by atoms with Crippen LogP contribution in [-0.2, 0) is 0 Å². The summed E-state index contributed by atoms with van der Waals surface area (Å²) in [7, 11) is 1.85. The number of nitrogens with two attached hydrogens (primary N) is 1. The van der Waals surface area contributed by atoms with Gasteiger partial charge in [-0.15, -0.1) is 0 Å². The third kappa shape index (κ3) is 2.07. The predicted octanol–water partition coefficient (Wildman–Crippen LogP) is -0.232. The van der Waals surface area contributed by atoms with E-state index >= 15 is 0 Å². The van der Waals surface area contributed by atoms with Gasteiger partial charge in [-0.1, -0.05) is 0 Å². The highest BCUT2D eigenvalue weighted by atomic mass is 16.3. The number of phenolic OH excluding ortho intramolecular Hbond substituents is 1. The summed E-state index contributed by atoms with van der Waals surface area (Å²) in [6.07, 6.45) is 0. The first-order valence-electron chi connectivity index (χ1n) is 3.84. The van der Waals surface area contributed by atoms with Gasteiger partial charge in [0.1, 0.15) is 12.3 Å². The lowest BCUT2D eigenvalue weighted by molar-refractivity contribution is -0.614. The fourth-order valence-corrected chi connectivity index (χ4v) is 0.951. The van der Waals surface area contributed by atoms with Crippen LogP contribution in [0.2, 0.25) is 0 Å². The molecular formula is C9H12NO2+. The number of hydrogen-bond donors (Lipinski definition) is 2. The van der Waals surface area contributed by atoms with Gasteiger partial charge in [-0.3, -0.25) is 4.79 Å². The second-order valence-corrected chi connectivity index (χ2v) is 2.58. The first-order valence-corrected chi connectivity index (χ1v) is 3.84. The number of rotatable bonds is 3. The monoisotopic (exact) mass is 166 g/mol. The topological polar surface area (TPSA) is 53.9 Å². The van der Waals surface area contributed by atoms with E-state index in [1.165, 1.54) is 12.1 Å². The Kier molecular flexibility index (Phi) is 2.82. The molecule has 0 atom stereocenters. The lowest BCUT2D eigenvalue weighted by Crippen LogP contribution is -2.81. The van der Waals surface area contributed by atoms with Gasteiger partial charge in [-0.05, 0) is 24.3 Å². The van der Waals surface area contributed by atoms with E-state index in [4.69, 9.17) is 5.11 Å². The number of benzene rings is 1. The molecule has 3 N–H and O–H groups in total. The minimum atomic E-state index is 0.0810. The van der Waals surface area contributed by atoms with Crippen molar-refractivity contribution in [2.45, 2.75) is 0 Å². The Morgan fingerprint density at radius 1 is 1.42 bits per heavy atom. The Labute approximate surface area is 71.0 Å². The van der Waals surface area contributed by atoms with Crippen LogP contribution in [0, 0.1) is 0 Å². The van der Waals surface area contributed by atoms with Crippen LogP contribution in [0.5, 0.6) is 5.75 Å². The highest BCUT2D eigenvalue weighted by molar-refractivity contribution is 5.96. The molecule has 3 heteroatoms. The molecule has 0 unspecified atom stereocenters. The molecule has 0 amide bonds. The van der Waals surface area contributed by atoms with E-state index in [1.807, 2.05) is 12.4 Å². The predicted molar refractivity (Wildman–Crippen MR) is 45.2 cm³/mol. The van der Waals surface area contributed by atoms with Gasteiger partial charge in [0.2, 0.25) is 5.78 Å². The molecule has 1 aromatic rings. The Morgan fingerprint density at radius 2 is 2.00 bits per heavy atom. The van der Waals surface area contributed by atoms with E-state index in [9.17, 15) is 4.79 Å². The van der Waals surface area contributed by atoms with E-state index < -0.39 is 0 Å². The molecule has 3 nitrogen and oxygen atoms in total. The number of likely N-dealkylation sites (N-methyl/N-ethyl adjacent to an activating group) is 1. The van der Waals surface area contributed by atoms with Crippen LogP contribution < -0.4 is 5.32 Å². The summed E-state index contributed by atoms with van der Waals surface area (Å²) in [6.45, 7) is 0.449. The first kappa shape index (κ1) is 8.74. The van der Waals surface area contributed by atoms with Crippen molar-refractivity contribution < 1.29 is 15.2 Å². The average Bonchev–Trinajstić information content (AvgIpc) is 2.06. The van der Waals surface area contributed by atoms with Gasteiger partial charge in [-0.25, -0.2) is 0 Å². The normalized spacial score (nSPS) is 9.75. The maximum Gasteiger partial charge on any atom is 0.216 e. The molecule has 0 aliphatic carbocycles. The third-order valence-corrected chi connectivity index (χ3v) is 1.58. The van der Waals surface area contributed by atoms with Gasteiger partial charge in [0.25, 0.3) is 0 Å². The van der Waals surface area contributed by atoms with Crippen molar-refractivity contribution in [3.63, 3.8) is 0 Å².